The van der Waals surface area contributed by atoms with Gasteiger partial charge in [-0.3, -0.25) is 9.78 Å². The third-order valence-corrected chi connectivity index (χ3v) is 5.86. The Morgan fingerprint density at radius 1 is 1.02 bits per heavy atom. The van der Waals surface area contributed by atoms with Crippen molar-refractivity contribution in [3.05, 3.63) is 54.5 Å². The second-order valence-electron chi connectivity index (χ2n) is 8.56. The Morgan fingerprint density at radius 2 is 1.68 bits per heavy atom. The van der Waals surface area contributed by atoms with Crippen LogP contribution in [0.5, 0.6) is 5.88 Å². The largest absolute Gasteiger partial charge is 0.490 e. The van der Waals surface area contributed by atoms with Crippen LogP contribution in [-0.4, -0.2) is 87.2 Å². The first kappa shape index (κ1) is 32.3. The van der Waals surface area contributed by atoms with Crippen LogP contribution in [0.3, 0.4) is 0 Å². The lowest BCUT2D eigenvalue weighted by Crippen LogP contribution is -2.56. The zero-order valence-corrected chi connectivity index (χ0v) is 20.7. The molecule has 40 heavy (non-hydrogen) atoms. The first-order valence-corrected chi connectivity index (χ1v) is 11.6. The molecule has 2 fully saturated rings. The predicted molar refractivity (Wildman–Crippen MR) is 123 cm³/mol. The third kappa shape index (κ3) is 9.66. The number of amides is 1. The van der Waals surface area contributed by atoms with Gasteiger partial charge in [0, 0.05) is 37.1 Å². The number of hydrogen-bond acceptors (Lipinski definition) is 7. The Morgan fingerprint density at radius 3 is 2.20 bits per heavy atom. The number of carbonyl (C=O) groups excluding carboxylic acids is 1. The normalized spacial score (nSPS) is 20.4. The summed E-state index contributed by atoms with van der Waals surface area (Å²) in [7, 11) is 0. The number of halogens is 6. The number of pyridine rings is 2. The van der Waals surface area contributed by atoms with Crippen LogP contribution >= 0.6 is 0 Å². The van der Waals surface area contributed by atoms with Crippen molar-refractivity contribution in [2.45, 2.75) is 37.2 Å². The molecule has 4 rings (SSSR count). The molecule has 1 amide bonds. The van der Waals surface area contributed by atoms with E-state index in [1.54, 1.807) is 24.7 Å². The topological polar surface area (TPSA) is 139 Å². The Bertz CT molecular complexity index is 1100. The lowest BCUT2D eigenvalue weighted by Gasteiger charge is -2.44. The molecule has 2 atom stereocenters. The SMILES string of the molecule is O=C(O)C(F)(F)F.O=C(O)C(F)(F)F.O=C(c1cccnc1)N1CCO[C@]2(CCC[C@H]2COc2ccccn2)C1. The molecule has 1 saturated carbocycles. The van der Waals surface area contributed by atoms with Crippen molar-refractivity contribution in [1.82, 2.24) is 14.9 Å². The van der Waals surface area contributed by atoms with Gasteiger partial charge in [-0.05, 0) is 37.5 Å². The van der Waals surface area contributed by atoms with Gasteiger partial charge in [0.2, 0.25) is 5.88 Å². The third-order valence-electron chi connectivity index (χ3n) is 5.86. The van der Waals surface area contributed by atoms with Crippen molar-refractivity contribution in [3.8, 4) is 5.88 Å². The van der Waals surface area contributed by atoms with E-state index < -0.39 is 24.3 Å². The van der Waals surface area contributed by atoms with Crippen LogP contribution in [-0.2, 0) is 14.3 Å². The zero-order chi connectivity index (χ0) is 30.0. The average Bonchev–Trinajstić information content (AvgIpc) is 3.28. The monoisotopic (exact) mass is 581 g/mol. The molecule has 1 saturated heterocycles. The molecule has 220 valence electrons. The number of morpholine rings is 1. The van der Waals surface area contributed by atoms with Gasteiger partial charge < -0.3 is 24.6 Å². The molecule has 2 aromatic rings. The van der Waals surface area contributed by atoms with Gasteiger partial charge in [0.05, 0.1) is 30.9 Å². The van der Waals surface area contributed by atoms with Gasteiger partial charge >= 0.3 is 24.3 Å². The lowest BCUT2D eigenvalue weighted by atomic mass is 9.89. The van der Waals surface area contributed by atoms with E-state index in [0.29, 0.717) is 37.7 Å². The highest BCUT2D eigenvalue weighted by atomic mass is 19.4. The Hall–Kier alpha value is -3.95. The molecule has 1 spiro atoms. The summed E-state index contributed by atoms with van der Waals surface area (Å²) < 4.78 is 75.6. The number of nitrogens with zero attached hydrogens (tertiary/aromatic N) is 3. The summed E-state index contributed by atoms with van der Waals surface area (Å²) in [6, 6.07) is 9.26. The molecule has 0 bridgehead atoms. The van der Waals surface area contributed by atoms with Gasteiger partial charge in [-0.25, -0.2) is 14.6 Å². The highest BCUT2D eigenvalue weighted by Gasteiger charge is 2.48. The summed E-state index contributed by atoms with van der Waals surface area (Å²) in [6.45, 7) is 2.35. The number of carboxylic acid groups (broad SMARTS) is 2. The Labute approximate surface area is 223 Å². The van der Waals surface area contributed by atoms with Gasteiger partial charge in [0.15, 0.2) is 0 Å². The summed E-state index contributed by atoms with van der Waals surface area (Å²) >= 11 is 0. The van der Waals surface area contributed by atoms with Crippen molar-refractivity contribution >= 4 is 17.8 Å². The average molecular weight is 581 g/mol. The number of carbonyl (C=O) groups is 3. The highest BCUT2D eigenvalue weighted by Crippen LogP contribution is 2.41. The van der Waals surface area contributed by atoms with Crippen LogP contribution in [0.25, 0.3) is 0 Å². The molecule has 2 aliphatic rings. The summed E-state index contributed by atoms with van der Waals surface area (Å²) in [5.74, 6) is -4.60. The first-order valence-electron chi connectivity index (χ1n) is 11.6. The van der Waals surface area contributed by atoms with Gasteiger partial charge in [0.25, 0.3) is 5.91 Å². The zero-order valence-electron chi connectivity index (χ0n) is 20.7. The molecule has 3 heterocycles. The summed E-state index contributed by atoms with van der Waals surface area (Å²) in [5.41, 5.74) is 0.314. The van der Waals surface area contributed by atoms with Crippen molar-refractivity contribution < 1.29 is 60.4 Å². The minimum absolute atomic E-state index is 0.0251. The molecule has 2 N–H and O–H groups in total. The fraction of sp³-hybridized carbons (Fsp3) is 0.458. The van der Waals surface area contributed by atoms with Gasteiger partial charge in [-0.2, -0.15) is 26.3 Å². The Balaban J connectivity index is 0.000000333. The minimum Gasteiger partial charge on any atom is -0.477 e. The van der Waals surface area contributed by atoms with Crippen LogP contribution in [0.1, 0.15) is 29.6 Å². The molecule has 16 heteroatoms. The number of aliphatic carboxylic acids is 2. The van der Waals surface area contributed by atoms with Gasteiger partial charge in [0.1, 0.15) is 0 Å². The van der Waals surface area contributed by atoms with Crippen molar-refractivity contribution in [2.75, 3.05) is 26.3 Å². The number of rotatable bonds is 4. The molecule has 1 aliphatic carbocycles. The number of carboxylic acids is 2. The van der Waals surface area contributed by atoms with Crippen LogP contribution in [0.2, 0.25) is 0 Å². The van der Waals surface area contributed by atoms with E-state index in [1.807, 2.05) is 29.2 Å². The van der Waals surface area contributed by atoms with E-state index in [0.717, 1.165) is 19.3 Å². The van der Waals surface area contributed by atoms with Crippen molar-refractivity contribution in [3.63, 3.8) is 0 Å². The molecular weight excluding hydrogens is 556 g/mol. The van der Waals surface area contributed by atoms with Gasteiger partial charge in [-0.15, -0.1) is 0 Å². The molecule has 0 unspecified atom stereocenters. The fourth-order valence-electron chi connectivity index (χ4n) is 4.02. The van der Waals surface area contributed by atoms with Crippen molar-refractivity contribution in [2.24, 2.45) is 5.92 Å². The van der Waals surface area contributed by atoms with Crippen LogP contribution in [0.4, 0.5) is 26.3 Å². The second-order valence-corrected chi connectivity index (χ2v) is 8.56. The van der Waals surface area contributed by atoms with Crippen LogP contribution in [0, 0.1) is 5.92 Å². The van der Waals surface area contributed by atoms with Crippen LogP contribution < -0.4 is 4.74 Å². The van der Waals surface area contributed by atoms with Crippen molar-refractivity contribution in [1.29, 1.82) is 0 Å². The fourth-order valence-corrected chi connectivity index (χ4v) is 4.02. The predicted octanol–water partition coefficient (Wildman–Crippen LogP) is 3.83. The van der Waals surface area contributed by atoms with E-state index in [-0.39, 0.29) is 17.4 Å². The number of hydrogen-bond donors (Lipinski definition) is 2. The summed E-state index contributed by atoms with van der Waals surface area (Å²) in [4.78, 5) is 40.8. The molecule has 0 radical (unpaired) electrons. The number of ether oxygens (including phenoxy) is 2. The van der Waals surface area contributed by atoms with Crippen LogP contribution in [0.15, 0.2) is 48.9 Å². The number of alkyl halides is 6. The van der Waals surface area contributed by atoms with Gasteiger partial charge in [-0.1, -0.05) is 6.07 Å². The van der Waals surface area contributed by atoms with E-state index in [9.17, 15) is 31.1 Å². The number of aromatic nitrogens is 2. The van der Waals surface area contributed by atoms with E-state index >= 15 is 0 Å². The standard InChI is InChI=1S/C20H23N3O3.2C2HF3O2/c24-19(16-5-4-9-21-13-16)23-11-12-26-20(15-23)8-3-6-17(20)14-25-18-7-1-2-10-22-18;2*3-2(4,5)1(6)7/h1-2,4-5,7,9-10,13,17H,3,6,8,11-12,14-15H2;2*(H,6,7)/t17-,20+;;/m0../s1. The highest BCUT2D eigenvalue weighted by molar-refractivity contribution is 5.94. The maximum absolute atomic E-state index is 12.8. The molecular formula is C24H25F6N3O7. The minimum atomic E-state index is -5.08. The smallest absolute Gasteiger partial charge is 0.477 e. The molecule has 1 aliphatic heterocycles. The second kappa shape index (κ2) is 13.9. The summed E-state index contributed by atoms with van der Waals surface area (Å²) in [5, 5.41) is 14.2. The van der Waals surface area contributed by atoms with E-state index in [1.165, 1.54) is 0 Å². The Kier molecular flexibility index (Phi) is 11.2. The van der Waals surface area contributed by atoms with E-state index in [4.69, 9.17) is 29.3 Å². The molecule has 0 aromatic carbocycles. The quantitative estimate of drug-likeness (QED) is 0.516. The maximum atomic E-state index is 12.8. The lowest BCUT2D eigenvalue weighted by molar-refractivity contribution is -0.193. The molecule has 2 aromatic heterocycles. The molecule has 10 nitrogen and oxygen atoms in total. The maximum Gasteiger partial charge on any atom is 0.490 e. The summed E-state index contributed by atoms with van der Waals surface area (Å²) in [6.07, 6.45) is -2.04. The van der Waals surface area contributed by atoms with E-state index in [2.05, 4.69) is 9.97 Å². The first-order chi connectivity index (χ1) is 18.7.